The van der Waals surface area contributed by atoms with Crippen LogP contribution in [0.15, 0.2) is 0 Å². The zero-order valence-corrected chi connectivity index (χ0v) is 10.9. The molecule has 1 aliphatic heterocycles. The first kappa shape index (κ1) is 12.1. The monoisotopic (exact) mass is 232 g/mol. The molecule has 0 aromatic rings. The van der Waals surface area contributed by atoms with Crippen LogP contribution < -0.4 is 5.32 Å². The Morgan fingerprint density at radius 3 is 2.86 bits per heavy atom. The van der Waals surface area contributed by atoms with Crippen LogP contribution in [0.4, 0.5) is 0 Å². The molecule has 4 heteroatoms. The summed E-state index contributed by atoms with van der Waals surface area (Å²) in [5.41, 5.74) is 0. The van der Waals surface area contributed by atoms with Crippen molar-refractivity contribution in [3.05, 3.63) is 0 Å². The highest BCUT2D eigenvalue weighted by molar-refractivity contribution is 8.00. The molecule has 1 heterocycles. The summed E-state index contributed by atoms with van der Waals surface area (Å²) in [6.07, 6.45) is 1.21. The quantitative estimate of drug-likeness (QED) is 0.696. The highest BCUT2D eigenvalue weighted by Crippen LogP contribution is 2.30. The van der Waals surface area contributed by atoms with Crippen LogP contribution in [-0.2, 0) is 0 Å². The molecule has 0 unspecified atom stereocenters. The van der Waals surface area contributed by atoms with Gasteiger partial charge in [-0.1, -0.05) is 13.8 Å². The Hall–Kier alpha value is 0.0400. The zero-order valence-electron chi connectivity index (χ0n) is 9.30. The Morgan fingerprint density at radius 2 is 2.21 bits per heavy atom. The second kappa shape index (κ2) is 5.21. The van der Waals surface area contributed by atoms with Crippen LogP contribution in [0.3, 0.4) is 0 Å². The van der Waals surface area contributed by atoms with E-state index in [1.807, 2.05) is 0 Å². The predicted octanol–water partition coefficient (Wildman–Crippen LogP) is 2.10. The summed E-state index contributed by atoms with van der Waals surface area (Å²) in [4.78, 5) is 2.29. The number of hydrogen-bond acceptors (Lipinski definition) is 2. The fourth-order valence-corrected chi connectivity index (χ4v) is 2.91. The lowest BCUT2D eigenvalue weighted by molar-refractivity contribution is 0.417. The van der Waals surface area contributed by atoms with E-state index in [4.69, 9.17) is 12.2 Å². The van der Waals surface area contributed by atoms with Gasteiger partial charge in [-0.25, -0.2) is 0 Å². The molecule has 0 radical (unpaired) electrons. The summed E-state index contributed by atoms with van der Waals surface area (Å²) in [5, 5.41) is 4.14. The lowest BCUT2D eigenvalue weighted by atomic mass is 10.1. The molecule has 1 rings (SSSR count). The van der Waals surface area contributed by atoms with E-state index >= 15 is 0 Å². The van der Waals surface area contributed by atoms with Crippen LogP contribution in [-0.4, -0.2) is 40.1 Å². The maximum absolute atomic E-state index is 5.31. The minimum atomic E-state index is 0.413. The molecule has 1 N–H and O–H groups in total. The van der Waals surface area contributed by atoms with Crippen LogP contribution in [0.5, 0.6) is 0 Å². The number of rotatable bonds is 1. The first-order valence-corrected chi connectivity index (χ1v) is 6.61. The number of nitrogens with one attached hydrogen (secondary N) is 1. The summed E-state index contributed by atoms with van der Waals surface area (Å²) >= 11 is 7.37. The number of thioether (sulfide) groups is 1. The third kappa shape index (κ3) is 3.65. The summed E-state index contributed by atoms with van der Waals surface area (Å²) in [7, 11) is 0. The van der Waals surface area contributed by atoms with Crippen molar-refractivity contribution in [2.24, 2.45) is 0 Å². The normalized spacial score (nSPS) is 21.5. The van der Waals surface area contributed by atoms with Gasteiger partial charge in [0.05, 0.1) is 0 Å². The van der Waals surface area contributed by atoms with E-state index in [-0.39, 0.29) is 0 Å². The highest BCUT2D eigenvalue weighted by Gasteiger charge is 2.24. The fraction of sp³-hybridized carbons (Fsp3) is 0.900. The molecule has 0 aromatic carbocycles. The zero-order chi connectivity index (χ0) is 10.6. The van der Waals surface area contributed by atoms with Gasteiger partial charge in [-0.05, 0) is 25.6 Å². The van der Waals surface area contributed by atoms with Crippen molar-refractivity contribution in [3.8, 4) is 0 Å². The maximum atomic E-state index is 5.31. The van der Waals surface area contributed by atoms with E-state index in [0.29, 0.717) is 4.75 Å². The molecule has 0 spiro atoms. The maximum Gasteiger partial charge on any atom is 0.168 e. The van der Waals surface area contributed by atoms with Crippen molar-refractivity contribution in [1.29, 1.82) is 0 Å². The van der Waals surface area contributed by atoms with E-state index in [9.17, 15) is 0 Å². The van der Waals surface area contributed by atoms with Gasteiger partial charge in [-0.15, -0.1) is 0 Å². The lowest BCUT2D eigenvalue weighted by Gasteiger charge is -2.24. The second-order valence-electron chi connectivity index (χ2n) is 4.18. The van der Waals surface area contributed by atoms with Crippen LogP contribution >= 0.6 is 24.0 Å². The molecule has 0 bridgehead atoms. The summed E-state index contributed by atoms with van der Waals surface area (Å²) in [5.74, 6) is 1.18. The minimum absolute atomic E-state index is 0.413. The van der Waals surface area contributed by atoms with Gasteiger partial charge in [-0.3, -0.25) is 0 Å². The molecule has 0 aromatic heterocycles. The topological polar surface area (TPSA) is 15.3 Å². The van der Waals surface area contributed by atoms with E-state index in [2.05, 4.69) is 42.7 Å². The van der Waals surface area contributed by atoms with Crippen LogP contribution in [0.1, 0.15) is 27.2 Å². The van der Waals surface area contributed by atoms with E-state index < -0.39 is 0 Å². The Kier molecular flexibility index (Phi) is 4.51. The van der Waals surface area contributed by atoms with Crippen molar-refractivity contribution in [2.45, 2.75) is 31.9 Å². The van der Waals surface area contributed by atoms with Crippen LogP contribution in [0, 0.1) is 0 Å². The largest absolute Gasteiger partial charge is 0.363 e. The standard InChI is InChI=1S/C10H20N2S2/c1-4-11-9(13)12-6-5-10(2,3)14-8-7-12/h4-8H2,1-3H3,(H,11,13). The lowest BCUT2D eigenvalue weighted by Crippen LogP contribution is -2.41. The molecule has 0 aliphatic carbocycles. The first-order valence-electron chi connectivity index (χ1n) is 5.22. The average molecular weight is 232 g/mol. The first-order chi connectivity index (χ1) is 6.55. The van der Waals surface area contributed by atoms with Gasteiger partial charge in [-0.2, -0.15) is 11.8 Å². The van der Waals surface area contributed by atoms with Gasteiger partial charge in [0, 0.05) is 30.1 Å². The van der Waals surface area contributed by atoms with Crippen molar-refractivity contribution in [3.63, 3.8) is 0 Å². The molecule has 0 saturated carbocycles. The molecule has 0 amide bonds. The molecule has 1 aliphatic rings. The van der Waals surface area contributed by atoms with Gasteiger partial charge in [0.2, 0.25) is 0 Å². The fourth-order valence-electron chi connectivity index (χ4n) is 1.49. The smallest absolute Gasteiger partial charge is 0.168 e. The van der Waals surface area contributed by atoms with Gasteiger partial charge < -0.3 is 10.2 Å². The molecule has 2 nitrogen and oxygen atoms in total. The predicted molar refractivity (Wildman–Crippen MR) is 69.0 cm³/mol. The molecule has 1 saturated heterocycles. The summed E-state index contributed by atoms with van der Waals surface area (Å²) < 4.78 is 0.413. The number of nitrogens with zero attached hydrogens (tertiary/aromatic N) is 1. The summed E-state index contributed by atoms with van der Waals surface area (Å²) in [6.45, 7) is 9.81. The third-order valence-corrected chi connectivity index (χ3v) is 4.23. The Morgan fingerprint density at radius 1 is 1.50 bits per heavy atom. The Balaban J connectivity index is 2.45. The average Bonchev–Trinajstić information content (AvgIpc) is 2.27. The van der Waals surface area contributed by atoms with Gasteiger partial charge in [0.15, 0.2) is 5.11 Å². The van der Waals surface area contributed by atoms with Crippen molar-refractivity contribution in [2.75, 3.05) is 25.4 Å². The molecule has 82 valence electrons. The summed E-state index contributed by atoms with van der Waals surface area (Å²) in [6, 6.07) is 0. The van der Waals surface area contributed by atoms with E-state index in [0.717, 1.165) is 24.7 Å². The van der Waals surface area contributed by atoms with Gasteiger partial charge in [0.25, 0.3) is 0 Å². The van der Waals surface area contributed by atoms with Crippen molar-refractivity contribution < 1.29 is 0 Å². The van der Waals surface area contributed by atoms with E-state index in [1.54, 1.807) is 0 Å². The molecule has 1 fully saturated rings. The van der Waals surface area contributed by atoms with E-state index in [1.165, 1.54) is 12.2 Å². The molecule has 0 atom stereocenters. The Bertz CT molecular complexity index is 204. The molecular formula is C10H20N2S2. The Labute approximate surface area is 96.8 Å². The SMILES string of the molecule is CCNC(=S)N1CCSC(C)(C)CC1. The van der Waals surface area contributed by atoms with Crippen LogP contribution in [0.25, 0.3) is 0 Å². The minimum Gasteiger partial charge on any atom is -0.363 e. The highest BCUT2D eigenvalue weighted by atomic mass is 32.2. The van der Waals surface area contributed by atoms with Crippen molar-refractivity contribution >= 4 is 29.1 Å². The third-order valence-electron chi connectivity index (χ3n) is 2.45. The molecule has 14 heavy (non-hydrogen) atoms. The van der Waals surface area contributed by atoms with Crippen LogP contribution in [0.2, 0.25) is 0 Å². The second-order valence-corrected chi connectivity index (χ2v) is 6.37. The van der Waals surface area contributed by atoms with Gasteiger partial charge >= 0.3 is 0 Å². The van der Waals surface area contributed by atoms with Crippen molar-refractivity contribution in [1.82, 2.24) is 10.2 Å². The van der Waals surface area contributed by atoms with Gasteiger partial charge in [0.1, 0.15) is 0 Å². The number of thiocarbonyl (C=S) groups is 1. The number of hydrogen-bond donors (Lipinski definition) is 1. The molecular weight excluding hydrogens is 212 g/mol.